The molecule has 1 atom stereocenters. The number of rotatable bonds is 6. The fraction of sp³-hybridized carbons (Fsp3) is 0.261. The molecule has 4 rings (SSSR count). The summed E-state index contributed by atoms with van der Waals surface area (Å²) in [5, 5.41) is 11.0. The highest BCUT2D eigenvalue weighted by Crippen LogP contribution is 2.21. The van der Waals surface area contributed by atoms with Crippen LogP contribution in [-0.2, 0) is 17.9 Å². The number of hydrogen-bond donors (Lipinski definition) is 2. The minimum Gasteiger partial charge on any atom is -0.352 e. The lowest BCUT2D eigenvalue weighted by atomic mass is 10.1. The van der Waals surface area contributed by atoms with E-state index in [4.69, 9.17) is 0 Å². The molecule has 8 heteroatoms. The number of amides is 1. The van der Waals surface area contributed by atoms with Crippen LogP contribution in [-0.4, -0.2) is 41.3 Å². The first kappa shape index (κ1) is 22.8. The van der Waals surface area contributed by atoms with Gasteiger partial charge in [0.25, 0.3) is 0 Å². The fourth-order valence-corrected chi connectivity index (χ4v) is 3.65. The van der Waals surface area contributed by atoms with E-state index in [0.717, 1.165) is 17.8 Å². The molecule has 0 aliphatic carbocycles. The van der Waals surface area contributed by atoms with E-state index in [1.807, 2.05) is 52.2 Å². The number of halogens is 1. The summed E-state index contributed by atoms with van der Waals surface area (Å²) in [5.41, 5.74) is 3.29. The molecule has 1 aliphatic heterocycles. The van der Waals surface area contributed by atoms with Crippen molar-refractivity contribution in [3.8, 4) is 0 Å². The van der Waals surface area contributed by atoms with Gasteiger partial charge in [-0.2, -0.15) is 5.10 Å². The Bertz CT molecular complexity index is 1010. The van der Waals surface area contributed by atoms with E-state index in [9.17, 15) is 4.79 Å². The number of nitrogens with zero attached hydrogens (tertiary/aromatic N) is 4. The number of hydrogen-bond acceptors (Lipinski definition) is 3. The van der Waals surface area contributed by atoms with Crippen molar-refractivity contribution in [3.63, 3.8) is 0 Å². The van der Waals surface area contributed by atoms with Crippen LogP contribution in [0, 0.1) is 0 Å². The van der Waals surface area contributed by atoms with E-state index in [2.05, 4.69) is 45.0 Å². The maximum Gasteiger partial charge on any atom is 0.229 e. The van der Waals surface area contributed by atoms with Crippen LogP contribution in [0.25, 0.3) is 0 Å². The lowest BCUT2D eigenvalue weighted by Gasteiger charge is -2.19. The molecule has 1 amide bonds. The number of aliphatic imine (C=N–C) groups is 1. The van der Waals surface area contributed by atoms with Crippen LogP contribution in [0.2, 0.25) is 0 Å². The van der Waals surface area contributed by atoms with Crippen LogP contribution >= 0.6 is 24.0 Å². The third kappa shape index (κ3) is 6.06. The molecule has 1 aliphatic rings. The average Bonchev–Trinajstić information content (AvgIpc) is 3.41. The Labute approximate surface area is 199 Å². The second-order valence-corrected chi connectivity index (χ2v) is 7.33. The number of para-hydroxylation sites is 1. The first-order valence-corrected chi connectivity index (χ1v) is 10.1. The van der Waals surface area contributed by atoms with E-state index in [0.29, 0.717) is 25.5 Å². The summed E-state index contributed by atoms with van der Waals surface area (Å²) in [7, 11) is 1.75. The molecule has 1 aromatic heterocycles. The zero-order valence-electron chi connectivity index (χ0n) is 17.4. The molecule has 0 saturated carbocycles. The first-order valence-electron chi connectivity index (χ1n) is 10.1. The molecule has 1 unspecified atom stereocenters. The van der Waals surface area contributed by atoms with E-state index >= 15 is 0 Å². The average molecular weight is 530 g/mol. The van der Waals surface area contributed by atoms with E-state index in [1.165, 1.54) is 5.56 Å². The lowest BCUT2D eigenvalue weighted by molar-refractivity contribution is -0.117. The van der Waals surface area contributed by atoms with Crippen molar-refractivity contribution in [2.75, 3.05) is 18.5 Å². The summed E-state index contributed by atoms with van der Waals surface area (Å²) in [6.45, 7) is 2.02. The Morgan fingerprint density at radius 3 is 2.68 bits per heavy atom. The highest BCUT2D eigenvalue weighted by atomic mass is 127. The highest BCUT2D eigenvalue weighted by Gasteiger charge is 2.30. The minimum atomic E-state index is 0. The molecule has 2 N–H and O–H groups in total. The van der Waals surface area contributed by atoms with Crippen molar-refractivity contribution in [1.29, 1.82) is 0 Å². The zero-order valence-corrected chi connectivity index (χ0v) is 19.8. The van der Waals surface area contributed by atoms with Gasteiger partial charge in [0.2, 0.25) is 5.91 Å². The molecule has 2 aromatic carbocycles. The quantitative estimate of drug-likeness (QED) is 0.292. The second-order valence-electron chi connectivity index (χ2n) is 7.33. The van der Waals surface area contributed by atoms with Gasteiger partial charge in [0.05, 0.1) is 12.6 Å². The second kappa shape index (κ2) is 10.9. The van der Waals surface area contributed by atoms with Crippen LogP contribution in [0.3, 0.4) is 0 Å². The highest BCUT2D eigenvalue weighted by molar-refractivity contribution is 14.0. The third-order valence-electron chi connectivity index (χ3n) is 5.11. The zero-order chi connectivity index (χ0) is 20.8. The Kier molecular flexibility index (Phi) is 8.05. The predicted octanol–water partition coefficient (Wildman–Crippen LogP) is 3.02. The maximum atomic E-state index is 12.4. The molecule has 1 fully saturated rings. The first-order chi connectivity index (χ1) is 14.7. The molecular formula is C23H27IN6O. The number of anilines is 1. The number of guanidine groups is 1. The molecule has 3 aromatic rings. The van der Waals surface area contributed by atoms with Gasteiger partial charge in [-0.15, -0.1) is 24.0 Å². The molecule has 1 saturated heterocycles. The van der Waals surface area contributed by atoms with Crippen LogP contribution in [0.5, 0.6) is 0 Å². The lowest BCUT2D eigenvalue weighted by Crippen LogP contribution is -2.44. The predicted molar refractivity (Wildman–Crippen MR) is 134 cm³/mol. The summed E-state index contributed by atoms with van der Waals surface area (Å²) < 4.78 is 1.91. The summed E-state index contributed by atoms with van der Waals surface area (Å²) >= 11 is 0. The van der Waals surface area contributed by atoms with Crippen molar-refractivity contribution in [1.82, 2.24) is 20.4 Å². The summed E-state index contributed by atoms with van der Waals surface area (Å²) in [5.74, 6) is 0.820. The number of carbonyl (C=O) groups is 1. The largest absolute Gasteiger partial charge is 0.352 e. The van der Waals surface area contributed by atoms with Crippen LogP contribution in [0.1, 0.15) is 17.5 Å². The molecule has 0 radical (unpaired) electrons. The van der Waals surface area contributed by atoms with Gasteiger partial charge in [0, 0.05) is 44.6 Å². The van der Waals surface area contributed by atoms with Crippen LogP contribution < -0.4 is 15.5 Å². The molecule has 0 bridgehead atoms. The van der Waals surface area contributed by atoms with E-state index in [-0.39, 0.29) is 35.9 Å². The number of benzene rings is 2. The van der Waals surface area contributed by atoms with Gasteiger partial charge in [-0.05, 0) is 29.3 Å². The van der Waals surface area contributed by atoms with Crippen LogP contribution in [0.4, 0.5) is 5.69 Å². The van der Waals surface area contributed by atoms with Crippen molar-refractivity contribution in [2.24, 2.45) is 4.99 Å². The standard InChI is InChI=1S/C23H26N6O.HI/c1-24-23(27-20-14-22(30)29(17-20)21-9-3-2-4-10-21)25-15-18-7-5-8-19(13-18)16-28-12-6-11-26-28;/h2-13,20H,14-17H2,1H3,(H2,24,25,27);1H. The molecular weight excluding hydrogens is 503 g/mol. The number of aromatic nitrogens is 2. The SMILES string of the molecule is CN=C(NCc1cccc(Cn2cccn2)c1)NC1CC(=O)N(c2ccccc2)C1.I. The molecule has 7 nitrogen and oxygen atoms in total. The fourth-order valence-electron chi connectivity index (χ4n) is 3.65. The van der Waals surface area contributed by atoms with Gasteiger partial charge in [-0.1, -0.05) is 42.5 Å². The molecule has 2 heterocycles. The van der Waals surface area contributed by atoms with E-state index in [1.54, 1.807) is 13.2 Å². The summed E-state index contributed by atoms with van der Waals surface area (Å²) in [6.07, 6.45) is 4.20. The molecule has 0 spiro atoms. The van der Waals surface area contributed by atoms with Gasteiger partial charge in [0.1, 0.15) is 0 Å². The number of nitrogens with one attached hydrogen (secondary N) is 2. The van der Waals surface area contributed by atoms with Crippen molar-refractivity contribution >= 4 is 41.5 Å². The smallest absolute Gasteiger partial charge is 0.229 e. The topological polar surface area (TPSA) is 74.5 Å². The monoisotopic (exact) mass is 530 g/mol. The van der Waals surface area contributed by atoms with Crippen molar-refractivity contribution < 1.29 is 4.79 Å². The Morgan fingerprint density at radius 2 is 1.94 bits per heavy atom. The third-order valence-corrected chi connectivity index (χ3v) is 5.11. The van der Waals surface area contributed by atoms with Gasteiger partial charge in [-0.3, -0.25) is 14.5 Å². The maximum absolute atomic E-state index is 12.4. The van der Waals surface area contributed by atoms with Crippen molar-refractivity contribution in [2.45, 2.75) is 25.6 Å². The van der Waals surface area contributed by atoms with E-state index < -0.39 is 0 Å². The van der Waals surface area contributed by atoms with Gasteiger partial charge < -0.3 is 15.5 Å². The minimum absolute atomic E-state index is 0. The molecule has 31 heavy (non-hydrogen) atoms. The van der Waals surface area contributed by atoms with Gasteiger partial charge in [0.15, 0.2) is 5.96 Å². The van der Waals surface area contributed by atoms with Gasteiger partial charge in [-0.25, -0.2) is 0 Å². The summed E-state index contributed by atoms with van der Waals surface area (Å²) in [6, 6.07) is 20.1. The van der Waals surface area contributed by atoms with Crippen LogP contribution in [0.15, 0.2) is 78.0 Å². The Hall–Kier alpha value is -2.88. The normalized spacial score (nSPS) is 16.2. The molecule has 162 valence electrons. The van der Waals surface area contributed by atoms with Crippen molar-refractivity contribution in [3.05, 3.63) is 84.2 Å². The van der Waals surface area contributed by atoms with Gasteiger partial charge >= 0.3 is 0 Å². The Morgan fingerprint density at radius 1 is 1.13 bits per heavy atom. The number of carbonyl (C=O) groups excluding carboxylic acids is 1. The summed E-state index contributed by atoms with van der Waals surface area (Å²) in [4.78, 5) is 18.6. The Balaban J connectivity index is 0.00000272.